The van der Waals surface area contributed by atoms with Crippen molar-refractivity contribution in [2.45, 2.75) is 378 Å². The first-order chi connectivity index (χ1) is 41.7. The fraction of sp³-hybridized carbons (Fsp3) is 0.744. The Balaban J connectivity index is 2.05. The normalized spacial score (nSPS) is 13.6. The lowest BCUT2D eigenvalue weighted by molar-refractivity contribution is 0.460. The van der Waals surface area contributed by atoms with Gasteiger partial charge < -0.3 is 14.2 Å². The molecule has 3 rings (SSSR count). The number of hydrogen-bond acceptors (Lipinski definition) is 6. The topological polar surface area (TPSA) is 27.7 Å². The van der Waals surface area contributed by atoms with Gasteiger partial charge in [-0.05, 0) is 157 Å². The van der Waals surface area contributed by atoms with Crippen molar-refractivity contribution in [2.75, 3.05) is 0 Å². The van der Waals surface area contributed by atoms with E-state index in [-0.39, 0.29) is 45.8 Å². The minimum Gasteiger partial charge on any atom is -0.450 e. The van der Waals surface area contributed by atoms with Gasteiger partial charge in [-0.15, -0.1) is 0 Å². The summed E-state index contributed by atoms with van der Waals surface area (Å²) in [6, 6.07) is 14.4. The van der Waals surface area contributed by atoms with Crippen molar-refractivity contribution in [2.24, 2.45) is 17.8 Å². The molecular weight excluding hydrogens is 1130 g/mol. The molecule has 0 bridgehead atoms. The molecule has 0 aliphatic rings. The molecule has 0 radical (unpaired) electrons. The SMILES string of the molecule is CCCCCCCCCCCC[C@H](C)C(=S)Oc1cc(C)c(C(C)CC(c2cc(C(C)(C)C)c(OC(=S)[C@@H](C)CCCCCCCCCCCC)cc2C)c2cc(C(C)(C)C)c(OC(=S)[C@@H](C)CCCCCCCCCCCC)cc2C)cc1C(C)(C)C. The zero-order chi connectivity index (χ0) is 65.5. The van der Waals surface area contributed by atoms with Crippen LogP contribution in [0.1, 0.15) is 391 Å². The van der Waals surface area contributed by atoms with Crippen LogP contribution in [0.5, 0.6) is 17.2 Å². The summed E-state index contributed by atoms with van der Waals surface area (Å²) in [5, 5.41) is 2.13. The van der Waals surface area contributed by atoms with Crippen LogP contribution in [0.3, 0.4) is 0 Å². The molecule has 500 valence electrons. The van der Waals surface area contributed by atoms with Crippen LogP contribution in [0.2, 0.25) is 0 Å². The van der Waals surface area contributed by atoms with E-state index in [4.69, 9.17) is 50.9 Å². The molecule has 0 spiro atoms. The van der Waals surface area contributed by atoms with E-state index in [1.807, 2.05) is 0 Å². The minimum absolute atomic E-state index is 0.0531. The summed E-state index contributed by atoms with van der Waals surface area (Å²) < 4.78 is 20.7. The van der Waals surface area contributed by atoms with Crippen LogP contribution in [0.4, 0.5) is 0 Å². The van der Waals surface area contributed by atoms with Gasteiger partial charge in [0.1, 0.15) is 17.2 Å². The van der Waals surface area contributed by atoms with Crippen molar-refractivity contribution in [1.82, 2.24) is 0 Å². The molecule has 0 saturated heterocycles. The highest BCUT2D eigenvalue weighted by atomic mass is 32.1. The molecule has 3 aromatic carbocycles. The van der Waals surface area contributed by atoms with Gasteiger partial charge in [-0.3, -0.25) is 0 Å². The fourth-order valence-corrected chi connectivity index (χ4v) is 13.7. The van der Waals surface area contributed by atoms with Crippen molar-refractivity contribution in [1.29, 1.82) is 0 Å². The predicted molar refractivity (Wildman–Crippen MR) is 401 cm³/mol. The van der Waals surface area contributed by atoms with Gasteiger partial charge in [0.25, 0.3) is 0 Å². The molecule has 0 N–H and O–H groups in total. The van der Waals surface area contributed by atoms with Crippen LogP contribution in [-0.4, -0.2) is 15.2 Å². The number of thiocarbonyl (C=S) groups is 3. The van der Waals surface area contributed by atoms with Gasteiger partial charge >= 0.3 is 0 Å². The third-order valence-corrected chi connectivity index (χ3v) is 20.7. The summed E-state index contributed by atoms with van der Waals surface area (Å²) >= 11 is 18.5. The molecule has 3 nitrogen and oxygen atoms in total. The van der Waals surface area contributed by atoms with E-state index in [0.717, 1.165) is 42.9 Å². The first-order valence-corrected chi connectivity index (χ1v) is 38.0. The number of rotatable bonds is 44. The number of aryl methyl sites for hydroxylation is 3. The maximum absolute atomic E-state index is 6.91. The van der Waals surface area contributed by atoms with Crippen LogP contribution in [0.15, 0.2) is 36.4 Å². The highest BCUT2D eigenvalue weighted by molar-refractivity contribution is 7.80. The Morgan fingerprint density at radius 3 is 0.784 bits per heavy atom. The van der Waals surface area contributed by atoms with Gasteiger partial charge in [-0.1, -0.05) is 322 Å². The number of ether oxygens (including phenoxy) is 3. The quantitative estimate of drug-likeness (QED) is 0.0414. The van der Waals surface area contributed by atoms with Gasteiger partial charge in [0.2, 0.25) is 0 Å². The average Bonchev–Trinajstić information content (AvgIpc) is 2.55. The summed E-state index contributed by atoms with van der Waals surface area (Å²) in [5.74, 6) is 3.57. The largest absolute Gasteiger partial charge is 0.450 e. The Bertz CT molecular complexity index is 2370. The van der Waals surface area contributed by atoms with Crippen LogP contribution in [0.25, 0.3) is 0 Å². The van der Waals surface area contributed by atoms with E-state index in [0.29, 0.717) is 15.2 Å². The summed E-state index contributed by atoms with van der Waals surface area (Å²) in [4.78, 5) is 0. The van der Waals surface area contributed by atoms with E-state index in [9.17, 15) is 0 Å². The molecule has 3 aromatic rings. The fourth-order valence-electron chi connectivity index (χ4n) is 13.1. The Morgan fingerprint density at radius 2 is 0.545 bits per heavy atom. The Labute approximate surface area is 561 Å². The number of benzene rings is 3. The lowest BCUT2D eigenvalue weighted by Gasteiger charge is -2.32. The summed E-state index contributed by atoms with van der Waals surface area (Å²) in [6.45, 7) is 43.9. The maximum Gasteiger partial charge on any atom is 0.170 e. The predicted octanol–water partition coefficient (Wildman–Crippen LogP) is 27.8. The molecule has 0 aliphatic heterocycles. The molecule has 0 fully saturated rings. The van der Waals surface area contributed by atoms with Gasteiger partial charge in [0, 0.05) is 40.4 Å². The second-order valence-electron chi connectivity index (χ2n) is 30.9. The van der Waals surface area contributed by atoms with E-state index in [1.165, 1.54) is 243 Å². The highest BCUT2D eigenvalue weighted by Gasteiger charge is 2.32. The van der Waals surface area contributed by atoms with Gasteiger partial charge in [0.05, 0.1) is 0 Å². The average molecular weight is 1270 g/mol. The smallest absolute Gasteiger partial charge is 0.170 e. The number of hydrogen-bond donors (Lipinski definition) is 0. The van der Waals surface area contributed by atoms with Crippen molar-refractivity contribution >= 4 is 51.8 Å². The van der Waals surface area contributed by atoms with Crippen LogP contribution in [0, 0.1) is 38.5 Å². The van der Waals surface area contributed by atoms with E-state index >= 15 is 0 Å². The van der Waals surface area contributed by atoms with Gasteiger partial charge in [-0.25, -0.2) is 0 Å². The second kappa shape index (κ2) is 41.8. The maximum atomic E-state index is 6.91. The molecule has 4 atom stereocenters. The standard InChI is InChI=1S/C82H136O3S3/c1-20-23-26-29-32-35-38-41-44-47-50-60(4)77(86)83-74-54-64(8)67(57-71(74)80(11,12)13)63(7)53-70(68-58-72(81(14,15)16)75(55-65(68)9)84-78(87)61(5)51-48-45-42-39-36-33-30-27-24-21-2)69-59-73(82(17,18)19)76(56-66(69)10)85-79(88)62(6)52-49-46-43-40-37-34-31-28-25-22-3/h54-63,70H,20-53H2,1-19H3/t60-,61-,62-,63?/m0/s1. The molecule has 1 unspecified atom stereocenters. The monoisotopic (exact) mass is 1260 g/mol. The third-order valence-electron chi connectivity index (χ3n) is 19.2. The van der Waals surface area contributed by atoms with Crippen LogP contribution >= 0.6 is 36.7 Å². The molecule has 0 aliphatic carbocycles. The zero-order valence-electron chi connectivity index (χ0n) is 60.8. The first-order valence-electron chi connectivity index (χ1n) is 36.8. The molecule has 0 amide bonds. The number of unbranched alkanes of at least 4 members (excludes halogenated alkanes) is 27. The first kappa shape index (κ1) is 79.6. The Kier molecular flexibility index (Phi) is 37.8. The summed E-state index contributed by atoms with van der Waals surface area (Å²) in [6.07, 6.45) is 44.1. The van der Waals surface area contributed by atoms with E-state index in [2.05, 4.69) is 168 Å². The molecule has 0 aromatic heterocycles. The van der Waals surface area contributed by atoms with Crippen molar-refractivity contribution < 1.29 is 14.2 Å². The minimum atomic E-state index is -0.202. The van der Waals surface area contributed by atoms with E-state index < -0.39 is 0 Å². The summed E-state index contributed by atoms with van der Waals surface area (Å²) in [5.41, 5.74) is 10.8. The summed E-state index contributed by atoms with van der Waals surface area (Å²) in [7, 11) is 0. The van der Waals surface area contributed by atoms with Gasteiger partial charge in [-0.2, -0.15) is 0 Å². The molecule has 88 heavy (non-hydrogen) atoms. The second-order valence-corrected chi connectivity index (χ2v) is 32.1. The highest BCUT2D eigenvalue weighted by Crippen LogP contribution is 2.47. The van der Waals surface area contributed by atoms with Crippen molar-refractivity contribution in [3.8, 4) is 17.2 Å². The van der Waals surface area contributed by atoms with Crippen molar-refractivity contribution in [3.05, 3.63) is 86.5 Å². The zero-order valence-corrected chi connectivity index (χ0v) is 63.3. The van der Waals surface area contributed by atoms with Crippen LogP contribution in [-0.2, 0) is 16.2 Å². The van der Waals surface area contributed by atoms with Crippen molar-refractivity contribution in [3.63, 3.8) is 0 Å². The Morgan fingerprint density at radius 1 is 0.330 bits per heavy atom. The Hall–Kier alpha value is -2.67. The van der Waals surface area contributed by atoms with E-state index in [1.54, 1.807) is 0 Å². The lowest BCUT2D eigenvalue weighted by atomic mass is 9.73. The van der Waals surface area contributed by atoms with Crippen LogP contribution < -0.4 is 14.2 Å². The van der Waals surface area contributed by atoms with Gasteiger partial charge in [0.15, 0.2) is 15.2 Å². The molecule has 6 heteroatoms. The molecular formula is C82H136O3S3. The molecule has 0 saturated carbocycles. The third kappa shape index (κ3) is 29.1. The molecule has 0 heterocycles. The lowest BCUT2D eigenvalue weighted by Crippen LogP contribution is -2.22.